The zero-order chi connectivity index (χ0) is 17.5. The first-order valence-electron chi connectivity index (χ1n) is 8.73. The second kappa shape index (κ2) is 8.72. The van der Waals surface area contributed by atoms with Gasteiger partial charge in [-0.05, 0) is 42.3 Å². The molecule has 0 spiro atoms. The van der Waals surface area contributed by atoms with Crippen LogP contribution in [0.1, 0.15) is 18.9 Å². The van der Waals surface area contributed by atoms with Crippen LogP contribution >= 0.6 is 12.2 Å². The van der Waals surface area contributed by atoms with Crippen molar-refractivity contribution in [3.63, 3.8) is 0 Å². The van der Waals surface area contributed by atoms with Gasteiger partial charge in [0.2, 0.25) is 0 Å². The van der Waals surface area contributed by atoms with Crippen LogP contribution in [0.4, 0.5) is 5.69 Å². The number of fused-ring (bicyclic) bond motifs is 1. The van der Waals surface area contributed by atoms with Gasteiger partial charge in [-0.1, -0.05) is 43.7 Å². The lowest BCUT2D eigenvalue weighted by atomic mass is 9.97. The average molecular weight is 356 g/mol. The molecule has 2 N–H and O–H groups in total. The summed E-state index contributed by atoms with van der Waals surface area (Å²) in [6.07, 6.45) is 2.16. The van der Waals surface area contributed by atoms with Crippen molar-refractivity contribution in [1.29, 1.82) is 0 Å². The van der Waals surface area contributed by atoms with Crippen molar-refractivity contribution >= 4 is 23.0 Å². The largest absolute Gasteiger partial charge is 0.486 e. The molecule has 1 atom stereocenters. The fraction of sp³-hybridized carbons (Fsp3) is 0.350. The highest BCUT2D eigenvalue weighted by Crippen LogP contribution is 2.32. The summed E-state index contributed by atoms with van der Waals surface area (Å²) in [7, 11) is 0. The Labute approximate surface area is 154 Å². The molecule has 0 aliphatic carbocycles. The van der Waals surface area contributed by atoms with Crippen LogP contribution in [0, 0.1) is 5.92 Å². The van der Waals surface area contributed by atoms with Crippen LogP contribution < -0.4 is 20.1 Å². The number of hydrogen-bond acceptors (Lipinski definition) is 3. The van der Waals surface area contributed by atoms with Gasteiger partial charge in [-0.2, -0.15) is 0 Å². The summed E-state index contributed by atoms with van der Waals surface area (Å²) >= 11 is 5.43. The second-order valence-corrected chi connectivity index (χ2v) is 6.57. The molecule has 5 heteroatoms. The number of anilines is 1. The average Bonchev–Trinajstić information content (AvgIpc) is 2.66. The molecule has 4 nitrogen and oxygen atoms in total. The maximum Gasteiger partial charge on any atom is 0.170 e. The summed E-state index contributed by atoms with van der Waals surface area (Å²) in [6, 6.07) is 16.3. The predicted octanol–water partition coefficient (Wildman–Crippen LogP) is 4.01. The van der Waals surface area contributed by atoms with E-state index in [4.69, 9.17) is 21.7 Å². The Bertz CT molecular complexity index is 706. The minimum atomic E-state index is 0.544. The van der Waals surface area contributed by atoms with E-state index in [-0.39, 0.29) is 0 Å². The van der Waals surface area contributed by atoms with Gasteiger partial charge in [0, 0.05) is 18.3 Å². The molecule has 0 amide bonds. The molecule has 1 unspecified atom stereocenters. The fourth-order valence-corrected chi connectivity index (χ4v) is 3.04. The predicted molar refractivity (Wildman–Crippen MR) is 106 cm³/mol. The summed E-state index contributed by atoms with van der Waals surface area (Å²) in [6.45, 7) is 4.24. The third kappa shape index (κ3) is 5.10. The van der Waals surface area contributed by atoms with Gasteiger partial charge in [-0.25, -0.2) is 0 Å². The number of nitrogens with one attached hydrogen (secondary N) is 2. The van der Waals surface area contributed by atoms with Gasteiger partial charge in [0.05, 0.1) is 0 Å². The quantitative estimate of drug-likeness (QED) is 0.766. The second-order valence-electron chi connectivity index (χ2n) is 6.16. The number of thiocarbonyl (C=S) groups is 1. The Morgan fingerprint density at radius 1 is 1.08 bits per heavy atom. The van der Waals surface area contributed by atoms with Crippen molar-refractivity contribution in [3.8, 4) is 11.5 Å². The lowest BCUT2D eigenvalue weighted by Crippen LogP contribution is -2.33. The van der Waals surface area contributed by atoms with Crippen molar-refractivity contribution in [1.82, 2.24) is 5.32 Å². The molecule has 0 fully saturated rings. The molecule has 1 aliphatic rings. The normalized spacial score (nSPS) is 13.8. The van der Waals surface area contributed by atoms with E-state index >= 15 is 0 Å². The fourth-order valence-electron chi connectivity index (χ4n) is 2.84. The van der Waals surface area contributed by atoms with Gasteiger partial charge < -0.3 is 20.1 Å². The SMILES string of the molecule is CCC(CNC(=S)Nc1ccc2c(c1)OCCO2)Cc1ccccc1. The molecule has 0 saturated carbocycles. The Morgan fingerprint density at radius 2 is 1.84 bits per heavy atom. The van der Waals surface area contributed by atoms with E-state index in [9.17, 15) is 0 Å². The molecule has 0 aromatic heterocycles. The Kier molecular flexibility index (Phi) is 6.12. The van der Waals surface area contributed by atoms with Crippen LogP contribution in [0.15, 0.2) is 48.5 Å². The van der Waals surface area contributed by atoms with Gasteiger partial charge in [0.15, 0.2) is 16.6 Å². The first kappa shape index (κ1) is 17.5. The maximum atomic E-state index is 5.60. The lowest BCUT2D eigenvalue weighted by molar-refractivity contribution is 0.171. The number of rotatable bonds is 6. The highest BCUT2D eigenvalue weighted by atomic mass is 32.1. The summed E-state index contributed by atoms with van der Waals surface area (Å²) in [5.74, 6) is 2.08. The van der Waals surface area contributed by atoms with E-state index in [0.717, 1.165) is 36.6 Å². The zero-order valence-electron chi connectivity index (χ0n) is 14.5. The third-order valence-corrected chi connectivity index (χ3v) is 4.54. The van der Waals surface area contributed by atoms with E-state index in [1.165, 1.54) is 5.56 Å². The monoisotopic (exact) mass is 356 g/mol. The third-order valence-electron chi connectivity index (χ3n) is 4.30. The maximum absolute atomic E-state index is 5.60. The van der Waals surface area contributed by atoms with Gasteiger partial charge in [-0.15, -0.1) is 0 Å². The van der Waals surface area contributed by atoms with Crippen LogP contribution in [0.2, 0.25) is 0 Å². The molecule has 0 radical (unpaired) electrons. The van der Waals surface area contributed by atoms with Crippen molar-refractivity contribution in [2.24, 2.45) is 5.92 Å². The lowest BCUT2D eigenvalue weighted by Gasteiger charge is -2.20. The van der Waals surface area contributed by atoms with E-state index < -0.39 is 0 Å². The first-order chi connectivity index (χ1) is 12.2. The van der Waals surface area contributed by atoms with E-state index in [0.29, 0.717) is 24.2 Å². The summed E-state index contributed by atoms with van der Waals surface area (Å²) < 4.78 is 11.1. The molecule has 1 heterocycles. The molecular weight excluding hydrogens is 332 g/mol. The van der Waals surface area contributed by atoms with Crippen LogP contribution in [0.5, 0.6) is 11.5 Å². The first-order valence-corrected chi connectivity index (χ1v) is 9.14. The smallest absolute Gasteiger partial charge is 0.170 e. The van der Waals surface area contributed by atoms with Crippen LogP contribution in [-0.4, -0.2) is 24.9 Å². The summed E-state index contributed by atoms with van der Waals surface area (Å²) in [4.78, 5) is 0. The Hall–Kier alpha value is -2.27. The minimum absolute atomic E-state index is 0.544. The number of ether oxygens (including phenoxy) is 2. The molecule has 25 heavy (non-hydrogen) atoms. The molecule has 3 rings (SSSR count). The van der Waals surface area contributed by atoms with E-state index in [2.05, 4.69) is 47.9 Å². The van der Waals surface area contributed by atoms with E-state index in [1.54, 1.807) is 0 Å². The van der Waals surface area contributed by atoms with Crippen molar-refractivity contribution in [3.05, 3.63) is 54.1 Å². The summed E-state index contributed by atoms with van der Waals surface area (Å²) in [5.41, 5.74) is 2.26. The zero-order valence-corrected chi connectivity index (χ0v) is 15.3. The molecule has 2 aromatic carbocycles. The van der Waals surface area contributed by atoms with Crippen molar-refractivity contribution in [2.75, 3.05) is 25.1 Å². The van der Waals surface area contributed by atoms with Gasteiger partial charge in [-0.3, -0.25) is 0 Å². The number of benzene rings is 2. The van der Waals surface area contributed by atoms with Crippen LogP contribution in [0.25, 0.3) is 0 Å². The Morgan fingerprint density at radius 3 is 2.60 bits per heavy atom. The summed E-state index contributed by atoms with van der Waals surface area (Å²) in [5, 5.41) is 7.18. The minimum Gasteiger partial charge on any atom is -0.486 e. The molecule has 132 valence electrons. The van der Waals surface area contributed by atoms with Gasteiger partial charge in [0.25, 0.3) is 0 Å². The Balaban J connectivity index is 1.50. The highest BCUT2D eigenvalue weighted by molar-refractivity contribution is 7.80. The van der Waals surface area contributed by atoms with Crippen LogP contribution in [0.3, 0.4) is 0 Å². The van der Waals surface area contributed by atoms with Gasteiger partial charge in [0.1, 0.15) is 13.2 Å². The van der Waals surface area contributed by atoms with Crippen LogP contribution in [-0.2, 0) is 6.42 Å². The molecular formula is C20H24N2O2S. The molecule has 1 aliphatic heterocycles. The molecule has 0 saturated heterocycles. The topological polar surface area (TPSA) is 42.5 Å². The standard InChI is InChI=1S/C20H24N2O2S/c1-2-15(12-16-6-4-3-5-7-16)14-21-20(25)22-17-8-9-18-19(13-17)24-11-10-23-18/h3-9,13,15H,2,10-12,14H2,1H3,(H2,21,22,25). The van der Waals surface area contributed by atoms with Gasteiger partial charge >= 0.3 is 0 Å². The molecule has 0 bridgehead atoms. The van der Waals surface area contributed by atoms with Crippen molar-refractivity contribution < 1.29 is 9.47 Å². The van der Waals surface area contributed by atoms with E-state index in [1.807, 2.05) is 18.2 Å². The molecule has 2 aromatic rings. The van der Waals surface area contributed by atoms with Crippen molar-refractivity contribution in [2.45, 2.75) is 19.8 Å². The number of hydrogen-bond donors (Lipinski definition) is 2. The highest BCUT2D eigenvalue weighted by Gasteiger charge is 2.12.